The first-order valence-corrected chi connectivity index (χ1v) is 10.4. The van der Waals surface area contributed by atoms with Gasteiger partial charge in [-0.1, -0.05) is 36.4 Å². The van der Waals surface area contributed by atoms with Crippen molar-refractivity contribution in [2.45, 2.75) is 44.7 Å². The third-order valence-electron chi connectivity index (χ3n) is 5.80. The molecule has 2 fully saturated rings. The molecule has 1 aliphatic heterocycles. The minimum absolute atomic E-state index is 0.0187. The first-order valence-electron chi connectivity index (χ1n) is 10.4. The molecule has 152 valence electrons. The number of pyridine rings is 1. The molecule has 0 spiro atoms. The van der Waals surface area contributed by atoms with Crippen molar-refractivity contribution in [1.29, 1.82) is 0 Å². The van der Waals surface area contributed by atoms with Crippen LogP contribution in [0.2, 0.25) is 0 Å². The highest BCUT2D eigenvalue weighted by Crippen LogP contribution is 2.29. The van der Waals surface area contributed by atoms with Crippen LogP contribution in [0.25, 0.3) is 0 Å². The number of nitrogens with zero attached hydrogens (tertiary/aromatic N) is 2. The van der Waals surface area contributed by atoms with E-state index in [1.54, 1.807) is 6.20 Å². The number of nitrogens with one attached hydrogen (secondary N) is 2. The maximum atomic E-state index is 12.9. The van der Waals surface area contributed by atoms with E-state index in [9.17, 15) is 9.59 Å². The molecule has 2 aliphatic rings. The van der Waals surface area contributed by atoms with Crippen LogP contribution in [-0.4, -0.2) is 40.8 Å². The third-order valence-corrected chi connectivity index (χ3v) is 5.80. The summed E-state index contributed by atoms with van der Waals surface area (Å²) in [7, 11) is 0. The van der Waals surface area contributed by atoms with Crippen molar-refractivity contribution in [3.05, 3.63) is 59.8 Å². The molecule has 4 rings (SSSR count). The normalized spacial score (nSPS) is 18.8. The van der Waals surface area contributed by atoms with Crippen molar-refractivity contribution in [2.24, 2.45) is 5.92 Å². The van der Waals surface area contributed by atoms with Crippen LogP contribution in [0.15, 0.2) is 48.7 Å². The molecule has 2 N–H and O–H groups in total. The molecule has 0 bridgehead atoms. The molecule has 0 radical (unpaired) electrons. The van der Waals surface area contributed by atoms with E-state index in [0.29, 0.717) is 11.9 Å². The molecule has 1 saturated carbocycles. The minimum atomic E-state index is -0.293. The number of aryl methyl sites for hydroxylation is 1. The van der Waals surface area contributed by atoms with Crippen LogP contribution in [-0.2, 0) is 9.59 Å². The Kier molecular flexibility index (Phi) is 5.90. The van der Waals surface area contributed by atoms with E-state index in [1.807, 2.05) is 49.4 Å². The molecule has 1 unspecified atom stereocenters. The zero-order chi connectivity index (χ0) is 20.2. The second-order valence-corrected chi connectivity index (χ2v) is 8.06. The van der Waals surface area contributed by atoms with Crippen molar-refractivity contribution < 1.29 is 9.59 Å². The molecule has 2 amide bonds. The highest BCUT2D eigenvalue weighted by Gasteiger charge is 2.35. The maximum absolute atomic E-state index is 12.9. The van der Waals surface area contributed by atoms with Gasteiger partial charge in [-0.15, -0.1) is 0 Å². The predicted octanol–water partition coefficient (Wildman–Crippen LogP) is 3.06. The van der Waals surface area contributed by atoms with E-state index >= 15 is 0 Å². The molecule has 1 aliphatic carbocycles. The first kappa shape index (κ1) is 19.6. The number of anilines is 1. The van der Waals surface area contributed by atoms with Crippen LogP contribution >= 0.6 is 0 Å². The number of carbonyl (C=O) groups excluding carboxylic acids is 2. The monoisotopic (exact) mass is 392 g/mol. The summed E-state index contributed by atoms with van der Waals surface area (Å²) in [5.41, 5.74) is 1.97. The van der Waals surface area contributed by atoms with Crippen LogP contribution in [0.3, 0.4) is 0 Å². The average molecular weight is 393 g/mol. The fourth-order valence-electron chi connectivity index (χ4n) is 3.93. The largest absolute Gasteiger partial charge is 0.352 e. The number of benzene rings is 1. The van der Waals surface area contributed by atoms with Gasteiger partial charge in [0.15, 0.2) is 0 Å². The fourth-order valence-corrected chi connectivity index (χ4v) is 3.93. The van der Waals surface area contributed by atoms with E-state index in [2.05, 4.69) is 20.5 Å². The molecule has 2 heterocycles. The third kappa shape index (κ3) is 4.82. The Labute approximate surface area is 171 Å². The summed E-state index contributed by atoms with van der Waals surface area (Å²) in [6.07, 6.45) is 5.30. The summed E-state index contributed by atoms with van der Waals surface area (Å²) in [6, 6.07) is 13.8. The van der Waals surface area contributed by atoms with Crippen LogP contribution in [0.4, 0.5) is 5.82 Å². The van der Waals surface area contributed by atoms with E-state index in [1.165, 1.54) is 0 Å². The smallest absolute Gasteiger partial charge is 0.242 e. The van der Waals surface area contributed by atoms with Crippen LogP contribution in [0.1, 0.15) is 42.9 Å². The van der Waals surface area contributed by atoms with E-state index in [4.69, 9.17) is 0 Å². The number of carbonyl (C=O) groups is 2. The topological polar surface area (TPSA) is 74.3 Å². The van der Waals surface area contributed by atoms with Gasteiger partial charge in [-0.05, 0) is 62.9 Å². The average Bonchev–Trinajstić information content (AvgIpc) is 3.55. The Morgan fingerprint density at radius 2 is 1.76 bits per heavy atom. The van der Waals surface area contributed by atoms with Gasteiger partial charge in [-0.2, -0.15) is 0 Å². The lowest BCUT2D eigenvalue weighted by atomic mass is 9.93. The summed E-state index contributed by atoms with van der Waals surface area (Å²) in [4.78, 5) is 32.1. The number of hydrogen-bond acceptors (Lipinski definition) is 4. The molecule has 29 heavy (non-hydrogen) atoms. The number of rotatable bonds is 6. The zero-order valence-electron chi connectivity index (χ0n) is 16.8. The summed E-state index contributed by atoms with van der Waals surface area (Å²) in [5, 5.41) is 6.12. The highest BCUT2D eigenvalue weighted by atomic mass is 16.2. The number of amides is 2. The molecule has 1 saturated heterocycles. The van der Waals surface area contributed by atoms with Crippen molar-refractivity contribution in [1.82, 2.24) is 15.2 Å². The lowest BCUT2D eigenvalue weighted by Gasteiger charge is -2.36. The van der Waals surface area contributed by atoms with Gasteiger partial charge in [-0.25, -0.2) is 4.98 Å². The highest BCUT2D eigenvalue weighted by molar-refractivity contribution is 5.92. The molecule has 1 aromatic heterocycles. The summed E-state index contributed by atoms with van der Waals surface area (Å²) in [6.45, 7) is 3.38. The van der Waals surface area contributed by atoms with Crippen molar-refractivity contribution in [3.8, 4) is 0 Å². The predicted molar refractivity (Wildman–Crippen MR) is 112 cm³/mol. The van der Waals surface area contributed by atoms with Crippen LogP contribution in [0.5, 0.6) is 0 Å². The second-order valence-electron chi connectivity index (χ2n) is 8.06. The molecule has 1 aromatic carbocycles. The molecule has 2 aromatic rings. The SMILES string of the molecule is Cc1cccnc1NC(=O)C1CCN(C(C(=O)NC2CC2)c2ccccc2)CC1. The molecule has 1 atom stereocenters. The van der Waals surface area contributed by atoms with E-state index in [0.717, 1.165) is 49.9 Å². The summed E-state index contributed by atoms with van der Waals surface area (Å²) in [5.74, 6) is 0.664. The van der Waals surface area contributed by atoms with Gasteiger partial charge in [0.05, 0.1) is 0 Å². The van der Waals surface area contributed by atoms with Crippen molar-refractivity contribution in [2.75, 3.05) is 18.4 Å². The first-order chi connectivity index (χ1) is 14.1. The van der Waals surface area contributed by atoms with Gasteiger partial charge in [0.25, 0.3) is 0 Å². The summed E-state index contributed by atoms with van der Waals surface area (Å²) < 4.78 is 0. The van der Waals surface area contributed by atoms with E-state index in [-0.39, 0.29) is 23.8 Å². The Balaban J connectivity index is 1.40. The Hall–Kier alpha value is -2.73. The standard InChI is InChI=1S/C23H28N4O2/c1-16-6-5-13-24-21(16)26-22(28)18-11-14-27(15-12-18)20(17-7-3-2-4-8-17)23(29)25-19-9-10-19/h2-8,13,18-20H,9-12,14-15H2,1H3,(H,25,29)(H,24,26,28). The van der Waals surface area contributed by atoms with Crippen molar-refractivity contribution >= 4 is 17.6 Å². The number of piperidine rings is 1. The fraction of sp³-hybridized carbons (Fsp3) is 0.435. The Morgan fingerprint density at radius 1 is 1.03 bits per heavy atom. The van der Waals surface area contributed by atoms with E-state index < -0.39 is 0 Å². The lowest BCUT2D eigenvalue weighted by molar-refractivity contribution is -0.128. The molecule has 6 nitrogen and oxygen atoms in total. The van der Waals surface area contributed by atoms with Crippen LogP contribution in [0, 0.1) is 12.8 Å². The van der Waals surface area contributed by atoms with Gasteiger partial charge in [0.2, 0.25) is 11.8 Å². The van der Waals surface area contributed by atoms with Gasteiger partial charge in [-0.3, -0.25) is 14.5 Å². The minimum Gasteiger partial charge on any atom is -0.352 e. The quantitative estimate of drug-likeness (QED) is 0.792. The molecular formula is C23H28N4O2. The summed E-state index contributed by atoms with van der Waals surface area (Å²) >= 11 is 0. The van der Waals surface area contributed by atoms with Gasteiger partial charge in [0.1, 0.15) is 11.9 Å². The van der Waals surface area contributed by atoms with Gasteiger partial charge in [0, 0.05) is 18.2 Å². The molecular weight excluding hydrogens is 364 g/mol. The maximum Gasteiger partial charge on any atom is 0.242 e. The second kappa shape index (κ2) is 8.74. The Bertz CT molecular complexity index is 858. The van der Waals surface area contributed by atoms with Crippen molar-refractivity contribution in [3.63, 3.8) is 0 Å². The Morgan fingerprint density at radius 3 is 2.41 bits per heavy atom. The van der Waals surface area contributed by atoms with Gasteiger partial charge < -0.3 is 10.6 Å². The lowest BCUT2D eigenvalue weighted by Crippen LogP contribution is -2.46. The number of hydrogen-bond donors (Lipinski definition) is 2. The zero-order valence-corrected chi connectivity index (χ0v) is 16.8. The van der Waals surface area contributed by atoms with Gasteiger partial charge >= 0.3 is 0 Å². The number of likely N-dealkylation sites (tertiary alicyclic amines) is 1. The number of aromatic nitrogens is 1. The molecule has 6 heteroatoms. The van der Waals surface area contributed by atoms with Crippen LogP contribution < -0.4 is 10.6 Å².